The lowest BCUT2D eigenvalue weighted by atomic mass is 9.84. The molecule has 0 unspecified atom stereocenters. The number of nitrogens with two attached hydrogens (primary N) is 1. The number of primary sulfonamides is 1. The van der Waals surface area contributed by atoms with Gasteiger partial charge in [0.2, 0.25) is 15.9 Å². The fourth-order valence-electron chi connectivity index (χ4n) is 2.03. The summed E-state index contributed by atoms with van der Waals surface area (Å²) < 4.78 is 22.3. The van der Waals surface area contributed by atoms with Gasteiger partial charge in [0.15, 0.2) is 0 Å². The molecule has 6 heteroatoms. The van der Waals surface area contributed by atoms with Crippen LogP contribution in [0.5, 0.6) is 0 Å². The molecule has 104 valence electrons. The van der Waals surface area contributed by atoms with Crippen molar-refractivity contribution in [3.63, 3.8) is 0 Å². The van der Waals surface area contributed by atoms with Crippen molar-refractivity contribution in [2.75, 3.05) is 0 Å². The Labute approximate surface area is 113 Å². The van der Waals surface area contributed by atoms with Crippen molar-refractivity contribution in [2.24, 2.45) is 11.1 Å². The normalized spacial score (nSPS) is 17.6. The molecular weight excluding hydrogens is 264 g/mol. The third-order valence-electron chi connectivity index (χ3n) is 3.54. The van der Waals surface area contributed by atoms with E-state index in [1.807, 2.05) is 6.92 Å². The van der Waals surface area contributed by atoms with Crippen LogP contribution in [0.1, 0.15) is 37.8 Å². The van der Waals surface area contributed by atoms with E-state index in [-0.39, 0.29) is 22.8 Å². The SMILES string of the molecule is C[C@@H](NC(=O)C1CCC1)c1ccc(S(N)(=O)=O)cc1. The molecule has 0 radical (unpaired) electrons. The Hall–Kier alpha value is -1.40. The highest BCUT2D eigenvalue weighted by atomic mass is 32.2. The first kappa shape index (κ1) is 14.0. The Morgan fingerprint density at radius 3 is 2.32 bits per heavy atom. The maximum atomic E-state index is 11.8. The summed E-state index contributed by atoms with van der Waals surface area (Å²) in [6.07, 6.45) is 3.04. The van der Waals surface area contributed by atoms with Gasteiger partial charge in [0.1, 0.15) is 0 Å². The van der Waals surface area contributed by atoms with E-state index >= 15 is 0 Å². The summed E-state index contributed by atoms with van der Waals surface area (Å²) in [4.78, 5) is 11.9. The third kappa shape index (κ3) is 3.33. The maximum absolute atomic E-state index is 11.8. The number of nitrogens with one attached hydrogen (secondary N) is 1. The molecule has 0 saturated heterocycles. The summed E-state index contributed by atoms with van der Waals surface area (Å²) in [5.74, 6) is 0.223. The van der Waals surface area contributed by atoms with Crippen molar-refractivity contribution >= 4 is 15.9 Å². The lowest BCUT2D eigenvalue weighted by Crippen LogP contribution is -2.35. The van der Waals surface area contributed by atoms with Gasteiger partial charge in [0.05, 0.1) is 10.9 Å². The Bertz CT molecular complexity index is 562. The molecule has 1 saturated carbocycles. The van der Waals surface area contributed by atoms with E-state index in [9.17, 15) is 13.2 Å². The number of rotatable bonds is 4. The molecular formula is C13H18N2O3S. The van der Waals surface area contributed by atoms with Crippen LogP contribution in [0.15, 0.2) is 29.2 Å². The molecule has 3 N–H and O–H groups in total. The van der Waals surface area contributed by atoms with Gasteiger partial charge in [-0.15, -0.1) is 0 Å². The Balaban J connectivity index is 2.03. The molecule has 19 heavy (non-hydrogen) atoms. The lowest BCUT2D eigenvalue weighted by Gasteiger charge is -2.26. The van der Waals surface area contributed by atoms with E-state index in [0.717, 1.165) is 24.8 Å². The average molecular weight is 282 g/mol. The zero-order valence-corrected chi connectivity index (χ0v) is 11.6. The van der Waals surface area contributed by atoms with E-state index < -0.39 is 10.0 Å². The van der Waals surface area contributed by atoms with Crippen LogP contribution >= 0.6 is 0 Å². The van der Waals surface area contributed by atoms with E-state index in [4.69, 9.17) is 5.14 Å². The average Bonchev–Trinajstić information content (AvgIpc) is 2.25. The summed E-state index contributed by atoms with van der Waals surface area (Å²) >= 11 is 0. The van der Waals surface area contributed by atoms with Crippen LogP contribution in [-0.2, 0) is 14.8 Å². The number of benzene rings is 1. The number of hydrogen-bond donors (Lipinski definition) is 2. The largest absolute Gasteiger partial charge is 0.349 e. The van der Waals surface area contributed by atoms with Gasteiger partial charge in [-0.05, 0) is 37.5 Å². The molecule has 1 aromatic rings. The van der Waals surface area contributed by atoms with Gasteiger partial charge >= 0.3 is 0 Å². The summed E-state index contributed by atoms with van der Waals surface area (Å²) in [5.41, 5.74) is 0.861. The van der Waals surface area contributed by atoms with Crippen LogP contribution in [0.2, 0.25) is 0 Å². The van der Waals surface area contributed by atoms with Crippen molar-refractivity contribution in [3.05, 3.63) is 29.8 Å². The van der Waals surface area contributed by atoms with Crippen molar-refractivity contribution in [3.8, 4) is 0 Å². The molecule has 0 bridgehead atoms. The fraction of sp³-hybridized carbons (Fsp3) is 0.462. The van der Waals surface area contributed by atoms with Crippen molar-refractivity contribution in [1.82, 2.24) is 5.32 Å². The van der Waals surface area contributed by atoms with Gasteiger partial charge in [0.25, 0.3) is 0 Å². The van der Waals surface area contributed by atoms with Gasteiger partial charge in [-0.25, -0.2) is 13.6 Å². The minimum absolute atomic E-state index is 0.0776. The van der Waals surface area contributed by atoms with Crippen LogP contribution < -0.4 is 10.5 Å². The molecule has 0 aromatic heterocycles. The van der Waals surface area contributed by atoms with Crippen LogP contribution in [-0.4, -0.2) is 14.3 Å². The summed E-state index contributed by atoms with van der Waals surface area (Å²) in [6.45, 7) is 1.88. The van der Waals surface area contributed by atoms with Crippen LogP contribution in [0.25, 0.3) is 0 Å². The van der Waals surface area contributed by atoms with E-state index in [1.54, 1.807) is 12.1 Å². The molecule has 1 atom stereocenters. The van der Waals surface area contributed by atoms with Gasteiger partial charge < -0.3 is 5.32 Å². The van der Waals surface area contributed by atoms with Crippen LogP contribution in [0.3, 0.4) is 0 Å². The Kier molecular flexibility index (Phi) is 3.91. The fourth-order valence-corrected chi connectivity index (χ4v) is 2.55. The van der Waals surface area contributed by atoms with Gasteiger partial charge in [-0.3, -0.25) is 4.79 Å². The molecule has 0 aliphatic heterocycles. The number of carbonyl (C=O) groups excluding carboxylic acids is 1. The smallest absolute Gasteiger partial charge is 0.238 e. The first-order valence-electron chi connectivity index (χ1n) is 6.31. The summed E-state index contributed by atoms with van der Waals surface area (Å²) in [7, 11) is -3.66. The third-order valence-corrected chi connectivity index (χ3v) is 4.47. The predicted octanol–water partition coefficient (Wildman–Crippen LogP) is 1.31. The monoisotopic (exact) mass is 282 g/mol. The van der Waals surface area contributed by atoms with Crippen LogP contribution in [0.4, 0.5) is 0 Å². The second-order valence-corrected chi connectivity index (χ2v) is 6.53. The van der Waals surface area contributed by atoms with E-state index in [0.29, 0.717) is 0 Å². The van der Waals surface area contributed by atoms with Gasteiger partial charge in [0, 0.05) is 5.92 Å². The number of carbonyl (C=O) groups is 1. The zero-order chi connectivity index (χ0) is 14.0. The van der Waals surface area contributed by atoms with Crippen LogP contribution in [0, 0.1) is 5.92 Å². The quantitative estimate of drug-likeness (QED) is 0.872. The highest BCUT2D eigenvalue weighted by Crippen LogP contribution is 2.27. The molecule has 1 aliphatic rings. The van der Waals surface area contributed by atoms with Crippen molar-refractivity contribution < 1.29 is 13.2 Å². The minimum atomic E-state index is -3.66. The molecule has 0 heterocycles. The summed E-state index contributed by atoms with van der Waals surface area (Å²) in [5, 5.41) is 7.97. The van der Waals surface area contributed by atoms with E-state index in [1.165, 1.54) is 12.1 Å². The molecule has 1 amide bonds. The molecule has 1 aliphatic carbocycles. The second kappa shape index (κ2) is 5.30. The first-order valence-corrected chi connectivity index (χ1v) is 7.85. The highest BCUT2D eigenvalue weighted by molar-refractivity contribution is 7.89. The molecule has 5 nitrogen and oxygen atoms in total. The van der Waals surface area contributed by atoms with Crippen molar-refractivity contribution in [2.45, 2.75) is 37.1 Å². The number of amides is 1. The highest BCUT2D eigenvalue weighted by Gasteiger charge is 2.26. The molecule has 0 spiro atoms. The maximum Gasteiger partial charge on any atom is 0.238 e. The first-order chi connectivity index (χ1) is 8.88. The zero-order valence-electron chi connectivity index (χ0n) is 10.8. The Morgan fingerprint density at radius 2 is 1.89 bits per heavy atom. The van der Waals surface area contributed by atoms with Crippen molar-refractivity contribution in [1.29, 1.82) is 0 Å². The van der Waals surface area contributed by atoms with E-state index in [2.05, 4.69) is 5.32 Å². The molecule has 1 aromatic carbocycles. The standard InChI is InChI=1S/C13H18N2O3S/c1-9(15-13(16)11-3-2-4-11)10-5-7-12(8-6-10)19(14,17)18/h5-9,11H,2-4H2,1H3,(H,15,16)(H2,14,17,18)/t9-/m1/s1. The topological polar surface area (TPSA) is 89.3 Å². The van der Waals surface area contributed by atoms with Gasteiger partial charge in [-0.2, -0.15) is 0 Å². The second-order valence-electron chi connectivity index (χ2n) is 4.97. The minimum Gasteiger partial charge on any atom is -0.349 e. The molecule has 1 fully saturated rings. The number of sulfonamides is 1. The number of hydrogen-bond acceptors (Lipinski definition) is 3. The predicted molar refractivity (Wildman–Crippen MR) is 71.7 cm³/mol. The van der Waals surface area contributed by atoms with Gasteiger partial charge in [-0.1, -0.05) is 18.6 Å². The Morgan fingerprint density at radius 1 is 1.32 bits per heavy atom. The molecule has 2 rings (SSSR count). The summed E-state index contributed by atoms with van der Waals surface area (Å²) in [6, 6.07) is 6.12. The lowest BCUT2D eigenvalue weighted by molar-refractivity contribution is -0.128.